The zero-order chi connectivity index (χ0) is 17.5. The van der Waals surface area contributed by atoms with Crippen LogP contribution in [0.15, 0.2) is 43.0 Å². The molecule has 1 aromatic heterocycles. The molecule has 1 aliphatic rings. The predicted octanol–water partition coefficient (Wildman–Crippen LogP) is 2.43. The molecule has 1 saturated carbocycles. The molecule has 1 fully saturated rings. The molecule has 0 saturated heterocycles. The van der Waals surface area contributed by atoms with Crippen LogP contribution in [0.4, 0.5) is 4.79 Å². The minimum Gasteiger partial charge on any atom is -0.388 e. The van der Waals surface area contributed by atoms with Crippen molar-refractivity contribution >= 4 is 6.03 Å². The van der Waals surface area contributed by atoms with Gasteiger partial charge >= 0.3 is 6.03 Å². The summed E-state index contributed by atoms with van der Waals surface area (Å²) in [5.74, 6) is 0. The summed E-state index contributed by atoms with van der Waals surface area (Å²) in [6, 6.07) is 7.88. The average molecular weight is 342 g/mol. The molecule has 0 radical (unpaired) electrons. The monoisotopic (exact) mass is 342 g/mol. The number of hydrogen-bond acceptors (Lipinski definition) is 3. The quantitative estimate of drug-likeness (QED) is 0.754. The Morgan fingerprint density at radius 3 is 2.76 bits per heavy atom. The maximum Gasteiger partial charge on any atom is 0.315 e. The third-order valence-corrected chi connectivity index (χ3v) is 4.73. The van der Waals surface area contributed by atoms with Gasteiger partial charge in [0.1, 0.15) is 0 Å². The number of urea groups is 1. The second-order valence-corrected chi connectivity index (χ2v) is 6.88. The largest absolute Gasteiger partial charge is 0.388 e. The Labute approximate surface area is 148 Å². The van der Waals surface area contributed by atoms with Crippen LogP contribution in [-0.4, -0.2) is 32.8 Å². The summed E-state index contributed by atoms with van der Waals surface area (Å²) >= 11 is 0. The van der Waals surface area contributed by atoms with Gasteiger partial charge in [-0.25, -0.2) is 9.78 Å². The van der Waals surface area contributed by atoms with Crippen molar-refractivity contribution in [1.82, 2.24) is 20.2 Å². The minimum atomic E-state index is -0.736. The molecule has 25 heavy (non-hydrogen) atoms. The molecule has 0 aliphatic heterocycles. The molecule has 0 unspecified atom stereocenters. The van der Waals surface area contributed by atoms with Crippen LogP contribution in [0.25, 0.3) is 0 Å². The topological polar surface area (TPSA) is 79.2 Å². The normalized spacial score (nSPS) is 16.4. The first-order chi connectivity index (χ1) is 12.1. The molecule has 0 bridgehead atoms. The van der Waals surface area contributed by atoms with E-state index in [1.165, 1.54) is 6.42 Å². The van der Waals surface area contributed by atoms with Gasteiger partial charge in [-0.1, -0.05) is 43.5 Å². The summed E-state index contributed by atoms with van der Waals surface area (Å²) in [7, 11) is 0. The molecule has 6 heteroatoms. The van der Waals surface area contributed by atoms with E-state index in [-0.39, 0.29) is 6.03 Å². The Bertz CT molecular complexity index is 678. The average Bonchev–Trinajstić information content (AvgIpc) is 3.12. The number of carbonyl (C=O) groups excluding carboxylic acids is 1. The summed E-state index contributed by atoms with van der Waals surface area (Å²) < 4.78 is 2.00. The third kappa shape index (κ3) is 5.32. The molecule has 3 N–H and O–H groups in total. The molecule has 0 spiro atoms. The van der Waals surface area contributed by atoms with E-state index >= 15 is 0 Å². The van der Waals surface area contributed by atoms with Gasteiger partial charge in [-0.15, -0.1) is 0 Å². The van der Waals surface area contributed by atoms with E-state index < -0.39 is 5.60 Å². The second-order valence-electron chi connectivity index (χ2n) is 6.88. The lowest BCUT2D eigenvalue weighted by atomic mass is 9.85. The van der Waals surface area contributed by atoms with Crippen molar-refractivity contribution in [3.05, 3.63) is 54.1 Å². The number of carbonyl (C=O) groups is 1. The van der Waals surface area contributed by atoms with Crippen LogP contribution >= 0.6 is 0 Å². The highest BCUT2D eigenvalue weighted by Crippen LogP contribution is 2.27. The minimum absolute atomic E-state index is 0.237. The van der Waals surface area contributed by atoms with Gasteiger partial charge < -0.3 is 20.3 Å². The van der Waals surface area contributed by atoms with Crippen LogP contribution < -0.4 is 10.6 Å². The molecule has 6 nitrogen and oxygen atoms in total. The fourth-order valence-corrected chi connectivity index (χ4v) is 3.31. The van der Waals surface area contributed by atoms with Crippen molar-refractivity contribution in [3.63, 3.8) is 0 Å². The van der Waals surface area contributed by atoms with Gasteiger partial charge in [0.15, 0.2) is 0 Å². The summed E-state index contributed by atoms with van der Waals surface area (Å²) in [6.45, 7) is 1.54. The summed E-state index contributed by atoms with van der Waals surface area (Å²) in [5.41, 5.74) is 1.47. The number of benzene rings is 1. The third-order valence-electron chi connectivity index (χ3n) is 4.73. The fourth-order valence-electron chi connectivity index (χ4n) is 3.31. The lowest BCUT2D eigenvalue weighted by molar-refractivity contribution is 0.00719. The van der Waals surface area contributed by atoms with Crippen LogP contribution in [0.5, 0.6) is 0 Å². The van der Waals surface area contributed by atoms with E-state index in [0.717, 1.165) is 43.4 Å². The van der Waals surface area contributed by atoms with Gasteiger partial charge in [-0.2, -0.15) is 0 Å². The Hall–Kier alpha value is -2.34. The molecular weight excluding hydrogens is 316 g/mol. The first-order valence-corrected chi connectivity index (χ1v) is 8.91. The Balaban J connectivity index is 1.45. The van der Waals surface area contributed by atoms with Crippen LogP contribution in [-0.2, 0) is 13.1 Å². The van der Waals surface area contributed by atoms with Crippen LogP contribution in [0.1, 0.15) is 43.2 Å². The maximum absolute atomic E-state index is 12.0. The number of hydrogen-bond donors (Lipinski definition) is 3. The Morgan fingerprint density at radius 2 is 2.00 bits per heavy atom. The molecule has 1 aromatic carbocycles. The van der Waals surface area contributed by atoms with Gasteiger partial charge in [-0.3, -0.25) is 0 Å². The van der Waals surface area contributed by atoms with E-state index in [1.54, 1.807) is 12.5 Å². The summed E-state index contributed by atoms with van der Waals surface area (Å²) in [4.78, 5) is 16.0. The first-order valence-electron chi connectivity index (χ1n) is 8.91. The number of imidazole rings is 1. The molecule has 134 valence electrons. The lowest BCUT2D eigenvalue weighted by Gasteiger charge is -2.32. The van der Waals surface area contributed by atoms with Crippen LogP contribution in [0, 0.1) is 0 Å². The first kappa shape index (κ1) is 17.5. The van der Waals surface area contributed by atoms with Crippen molar-refractivity contribution < 1.29 is 9.90 Å². The van der Waals surface area contributed by atoms with Gasteiger partial charge in [0, 0.05) is 32.0 Å². The van der Waals surface area contributed by atoms with Crippen molar-refractivity contribution in [1.29, 1.82) is 0 Å². The van der Waals surface area contributed by atoms with E-state index in [9.17, 15) is 9.90 Å². The smallest absolute Gasteiger partial charge is 0.315 e. The summed E-state index contributed by atoms with van der Waals surface area (Å²) in [5, 5.41) is 16.1. The van der Waals surface area contributed by atoms with Crippen molar-refractivity contribution in [3.8, 4) is 0 Å². The Kier molecular flexibility index (Phi) is 5.71. The van der Waals surface area contributed by atoms with Crippen molar-refractivity contribution in [2.24, 2.45) is 0 Å². The zero-order valence-corrected chi connectivity index (χ0v) is 14.4. The SMILES string of the molecule is O=C(NCc1cccc(Cn2ccnc2)c1)NCC1(O)CCCCC1. The Morgan fingerprint density at radius 1 is 1.20 bits per heavy atom. The number of rotatable bonds is 6. The predicted molar refractivity (Wildman–Crippen MR) is 96.0 cm³/mol. The molecule has 0 atom stereocenters. The standard InChI is InChI=1S/C19H26N4O2/c24-18(22-14-19(25)7-2-1-3-8-19)21-12-16-5-4-6-17(11-16)13-23-10-9-20-15-23/h4-6,9-11,15,25H,1-3,7-8,12-14H2,(H2,21,22,24). The number of aliphatic hydroxyl groups is 1. The number of aromatic nitrogens is 2. The lowest BCUT2D eigenvalue weighted by Crippen LogP contribution is -2.47. The van der Waals surface area contributed by atoms with E-state index in [4.69, 9.17) is 0 Å². The maximum atomic E-state index is 12.0. The van der Waals surface area contributed by atoms with Gasteiger partial charge in [0.25, 0.3) is 0 Å². The van der Waals surface area contributed by atoms with Gasteiger partial charge in [0.05, 0.1) is 11.9 Å². The van der Waals surface area contributed by atoms with Gasteiger partial charge in [-0.05, 0) is 24.0 Å². The highest BCUT2D eigenvalue weighted by Gasteiger charge is 2.29. The second kappa shape index (κ2) is 8.16. The zero-order valence-electron chi connectivity index (χ0n) is 14.4. The molecule has 1 heterocycles. The molecule has 3 rings (SSSR count). The van der Waals surface area contributed by atoms with Crippen LogP contribution in [0.2, 0.25) is 0 Å². The van der Waals surface area contributed by atoms with E-state index in [2.05, 4.69) is 27.8 Å². The molecule has 1 aliphatic carbocycles. The fraction of sp³-hybridized carbons (Fsp3) is 0.474. The van der Waals surface area contributed by atoms with E-state index in [1.807, 2.05) is 22.9 Å². The van der Waals surface area contributed by atoms with Crippen molar-refractivity contribution in [2.75, 3.05) is 6.54 Å². The number of nitrogens with one attached hydrogen (secondary N) is 2. The van der Waals surface area contributed by atoms with E-state index in [0.29, 0.717) is 13.1 Å². The molecule has 2 amide bonds. The number of amides is 2. The highest BCUT2D eigenvalue weighted by atomic mass is 16.3. The highest BCUT2D eigenvalue weighted by molar-refractivity contribution is 5.73. The summed E-state index contributed by atoms with van der Waals surface area (Å²) in [6.07, 6.45) is 10.2. The molecular formula is C19H26N4O2. The van der Waals surface area contributed by atoms with Crippen LogP contribution in [0.3, 0.4) is 0 Å². The van der Waals surface area contributed by atoms with Gasteiger partial charge in [0.2, 0.25) is 0 Å². The molecule has 2 aromatic rings. The number of nitrogens with zero attached hydrogens (tertiary/aromatic N) is 2. The van der Waals surface area contributed by atoms with Crippen molar-refractivity contribution in [2.45, 2.75) is 50.8 Å².